The van der Waals surface area contributed by atoms with Gasteiger partial charge >= 0.3 is 0 Å². The zero-order valence-corrected chi connectivity index (χ0v) is 19.8. The fourth-order valence-electron chi connectivity index (χ4n) is 4.57. The maximum absolute atomic E-state index is 8.12. The number of aryl methyl sites for hydroxylation is 2. The van der Waals surface area contributed by atoms with Gasteiger partial charge in [0.15, 0.2) is 0 Å². The Hall–Kier alpha value is -3.07. The summed E-state index contributed by atoms with van der Waals surface area (Å²) in [4.78, 5) is 2.49. The normalized spacial score (nSPS) is 11.4. The molecule has 0 saturated carbocycles. The third kappa shape index (κ3) is 4.57. The molecule has 3 nitrogen and oxygen atoms in total. The number of nitrogens with one attached hydrogen (secondary N) is 1. The zero-order chi connectivity index (χ0) is 22.7. The van der Waals surface area contributed by atoms with Crippen LogP contribution >= 0.6 is 0 Å². The van der Waals surface area contributed by atoms with E-state index in [0.29, 0.717) is 5.36 Å². The van der Waals surface area contributed by atoms with E-state index in [1.165, 1.54) is 53.6 Å². The van der Waals surface area contributed by atoms with Crippen LogP contribution in [-0.2, 0) is 0 Å². The van der Waals surface area contributed by atoms with Gasteiger partial charge in [-0.2, -0.15) is 0 Å². The van der Waals surface area contributed by atoms with Crippen molar-refractivity contribution in [1.82, 2.24) is 0 Å². The van der Waals surface area contributed by atoms with Crippen molar-refractivity contribution < 1.29 is 4.42 Å². The van der Waals surface area contributed by atoms with Gasteiger partial charge in [0.1, 0.15) is 11.3 Å². The first-order valence-corrected chi connectivity index (χ1v) is 11.9. The van der Waals surface area contributed by atoms with E-state index >= 15 is 0 Å². The molecule has 0 spiro atoms. The van der Waals surface area contributed by atoms with Gasteiger partial charge in [-0.05, 0) is 56.5 Å². The summed E-state index contributed by atoms with van der Waals surface area (Å²) in [5.74, 6) is 0.768. The maximum Gasteiger partial charge on any atom is 0.137 e. The van der Waals surface area contributed by atoms with Crippen LogP contribution in [0.1, 0.15) is 50.7 Å². The molecule has 0 aromatic heterocycles. The quantitative estimate of drug-likeness (QED) is 0.293. The average Bonchev–Trinajstić information content (AvgIpc) is 2.76. The Morgan fingerprint density at radius 2 is 1.50 bits per heavy atom. The van der Waals surface area contributed by atoms with Crippen molar-refractivity contribution in [3.63, 3.8) is 0 Å². The van der Waals surface area contributed by atoms with Crippen molar-refractivity contribution in [2.24, 2.45) is 0 Å². The Bertz CT molecular complexity index is 1230. The number of rotatable bonds is 8. The first-order chi connectivity index (χ1) is 15.5. The number of unbranched alkanes of at least 4 members (excludes halogenated alkanes) is 2. The summed E-state index contributed by atoms with van der Waals surface area (Å²) >= 11 is 0. The molecule has 1 heterocycles. The first-order valence-electron chi connectivity index (χ1n) is 11.9. The summed E-state index contributed by atoms with van der Waals surface area (Å²) in [6.07, 6.45) is 4.75. The molecule has 4 rings (SSSR count). The molecule has 32 heavy (non-hydrogen) atoms. The lowest BCUT2D eigenvalue weighted by Crippen LogP contribution is -2.25. The smallest absolute Gasteiger partial charge is 0.137 e. The minimum Gasteiger partial charge on any atom is -0.456 e. The molecule has 0 bridgehead atoms. The zero-order valence-electron chi connectivity index (χ0n) is 19.8. The van der Waals surface area contributed by atoms with Crippen molar-refractivity contribution in [2.75, 3.05) is 18.0 Å². The molecule has 1 N–H and O–H groups in total. The number of hydrogen-bond acceptors (Lipinski definition) is 3. The standard InChI is InChI=1S/C29H34N2O/c1-5-7-13-31(14-8-6-2)24-10-12-26-28(19-24)32-27-18-23(30)9-11-25(27)29(26)22-16-20(3)15-21(4)17-22/h9-12,15-19,30H,5-8,13-14H2,1-4H3. The number of benzene rings is 3. The van der Waals surface area contributed by atoms with Gasteiger partial charge in [-0.15, -0.1) is 0 Å². The topological polar surface area (TPSA) is 40.2 Å². The second-order valence-corrected chi connectivity index (χ2v) is 8.94. The van der Waals surface area contributed by atoms with Crippen LogP contribution in [0.25, 0.3) is 33.4 Å². The van der Waals surface area contributed by atoms with Gasteiger partial charge in [-0.3, -0.25) is 0 Å². The molecule has 0 fully saturated rings. The predicted molar refractivity (Wildman–Crippen MR) is 136 cm³/mol. The van der Waals surface area contributed by atoms with Crippen molar-refractivity contribution in [2.45, 2.75) is 53.4 Å². The third-order valence-corrected chi connectivity index (χ3v) is 6.14. The van der Waals surface area contributed by atoms with Gasteiger partial charge in [0.25, 0.3) is 0 Å². The molecular formula is C29H34N2O. The molecule has 3 heteroatoms. The van der Waals surface area contributed by atoms with E-state index in [4.69, 9.17) is 9.83 Å². The van der Waals surface area contributed by atoms with E-state index in [1.54, 1.807) is 0 Å². The Kier molecular flexibility index (Phi) is 6.64. The summed E-state index contributed by atoms with van der Waals surface area (Å²) < 4.78 is 6.40. The average molecular weight is 427 g/mol. The lowest BCUT2D eigenvalue weighted by molar-refractivity contribution is 0.618. The highest BCUT2D eigenvalue weighted by Gasteiger charge is 2.18. The molecular weight excluding hydrogens is 392 g/mol. The Labute approximate surface area is 191 Å². The summed E-state index contributed by atoms with van der Waals surface area (Å²) in [7, 11) is 0. The van der Waals surface area contributed by atoms with Gasteiger partial charge in [-0.1, -0.05) is 56.0 Å². The number of fused-ring (bicyclic) bond motifs is 2. The van der Waals surface area contributed by atoms with Gasteiger partial charge in [0.05, 0.1) is 5.36 Å². The van der Waals surface area contributed by atoms with Gasteiger partial charge in [0.2, 0.25) is 0 Å². The maximum atomic E-state index is 8.12. The largest absolute Gasteiger partial charge is 0.456 e. The minimum atomic E-state index is 0.468. The third-order valence-electron chi connectivity index (χ3n) is 6.14. The lowest BCUT2D eigenvalue weighted by atomic mass is 9.92. The number of hydrogen-bond donors (Lipinski definition) is 1. The highest BCUT2D eigenvalue weighted by molar-refractivity contribution is 6.02. The van der Waals surface area contributed by atoms with Crippen LogP contribution in [0.2, 0.25) is 0 Å². The lowest BCUT2D eigenvalue weighted by Gasteiger charge is -2.25. The monoisotopic (exact) mass is 426 g/mol. The first kappa shape index (κ1) is 22.1. The SMILES string of the molecule is CCCCN(CCCC)c1ccc2c(-c3cc(C)cc(C)c3)c3ccc(=N)cc-3oc2c1. The summed E-state index contributed by atoms with van der Waals surface area (Å²) in [6.45, 7) is 10.9. The highest BCUT2D eigenvalue weighted by atomic mass is 16.3. The van der Waals surface area contributed by atoms with Gasteiger partial charge in [0, 0.05) is 47.4 Å². The molecule has 0 unspecified atom stereocenters. The summed E-state index contributed by atoms with van der Waals surface area (Å²) in [6, 6.07) is 19.1. The minimum absolute atomic E-state index is 0.468. The van der Waals surface area contributed by atoms with Crippen LogP contribution in [0.15, 0.2) is 59.0 Å². The van der Waals surface area contributed by atoms with E-state index in [-0.39, 0.29) is 0 Å². The van der Waals surface area contributed by atoms with E-state index < -0.39 is 0 Å². The van der Waals surface area contributed by atoms with E-state index in [0.717, 1.165) is 35.4 Å². The second-order valence-electron chi connectivity index (χ2n) is 8.94. The highest BCUT2D eigenvalue weighted by Crippen LogP contribution is 2.41. The Morgan fingerprint density at radius 3 is 2.16 bits per heavy atom. The summed E-state index contributed by atoms with van der Waals surface area (Å²) in [5, 5.41) is 9.71. The van der Waals surface area contributed by atoms with Crippen LogP contribution < -0.4 is 10.3 Å². The predicted octanol–water partition coefficient (Wildman–Crippen LogP) is 7.71. The molecule has 2 aliphatic rings. The molecule has 0 amide bonds. The van der Waals surface area contributed by atoms with Crippen LogP contribution in [0.3, 0.4) is 0 Å². The number of nitrogens with zero attached hydrogens (tertiary/aromatic N) is 1. The fraction of sp³-hybridized carbons (Fsp3) is 0.345. The van der Waals surface area contributed by atoms with Crippen molar-refractivity contribution in [3.05, 3.63) is 71.1 Å². The fourth-order valence-corrected chi connectivity index (χ4v) is 4.57. The molecule has 1 aliphatic carbocycles. The van der Waals surface area contributed by atoms with Crippen molar-refractivity contribution in [1.29, 1.82) is 5.41 Å². The Morgan fingerprint density at radius 1 is 0.812 bits per heavy atom. The van der Waals surface area contributed by atoms with E-state index in [2.05, 4.69) is 69.0 Å². The molecule has 2 aromatic carbocycles. The molecule has 2 aromatic rings. The Balaban J connectivity index is 1.94. The molecule has 1 aliphatic heterocycles. The van der Waals surface area contributed by atoms with Crippen LogP contribution in [0.5, 0.6) is 0 Å². The second kappa shape index (κ2) is 9.60. The van der Waals surface area contributed by atoms with Crippen LogP contribution in [0, 0.1) is 19.3 Å². The molecule has 0 atom stereocenters. The summed E-state index contributed by atoms with van der Waals surface area (Å²) in [5.41, 5.74) is 8.05. The van der Waals surface area contributed by atoms with E-state index in [9.17, 15) is 0 Å². The molecule has 0 radical (unpaired) electrons. The van der Waals surface area contributed by atoms with E-state index in [1.807, 2.05) is 18.2 Å². The van der Waals surface area contributed by atoms with Gasteiger partial charge in [-0.25, -0.2) is 0 Å². The number of anilines is 1. The molecule has 0 saturated heterocycles. The van der Waals surface area contributed by atoms with Crippen molar-refractivity contribution >= 4 is 16.7 Å². The molecule has 166 valence electrons. The van der Waals surface area contributed by atoms with Gasteiger partial charge < -0.3 is 14.7 Å². The van der Waals surface area contributed by atoms with Crippen LogP contribution in [-0.4, -0.2) is 13.1 Å². The van der Waals surface area contributed by atoms with Crippen molar-refractivity contribution in [3.8, 4) is 22.5 Å². The van der Waals surface area contributed by atoms with Crippen LogP contribution in [0.4, 0.5) is 5.69 Å².